The molecule has 0 aromatic carbocycles. The van der Waals surface area contributed by atoms with E-state index in [-0.39, 0.29) is 0 Å². The lowest BCUT2D eigenvalue weighted by molar-refractivity contribution is -0.119. The number of carbonyl (C=O) groups excluding carboxylic acids is 1. The van der Waals surface area contributed by atoms with Crippen LogP contribution in [0.2, 0.25) is 24.3 Å². The third-order valence-corrected chi connectivity index (χ3v) is 5.01. The van der Waals surface area contributed by atoms with E-state index >= 15 is 0 Å². The summed E-state index contributed by atoms with van der Waals surface area (Å²) in [6.45, 7) is 25.5. The number of amides is 1. The summed E-state index contributed by atoms with van der Waals surface area (Å²) in [4.78, 5) is 15.2. The molecule has 1 saturated heterocycles. The van der Waals surface area contributed by atoms with Crippen molar-refractivity contribution in [2.45, 2.75) is 93.0 Å². The van der Waals surface area contributed by atoms with Crippen LogP contribution in [-0.4, -0.2) is 63.5 Å². The Bertz CT molecular complexity index is 390. The minimum atomic E-state index is 0.317. The molecule has 1 fully saturated rings. The summed E-state index contributed by atoms with van der Waals surface area (Å²) in [5, 5.41) is 0. The molecule has 0 N–H and O–H groups in total. The highest BCUT2D eigenvalue weighted by atomic mass is 16.1. The number of hydrogen-bond donors (Lipinski definition) is 0. The first-order valence-electron chi connectivity index (χ1n) is 11.0. The maximum absolute atomic E-state index is 10.8. The van der Waals surface area contributed by atoms with Crippen LogP contribution in [0.3, 0.4) is 0 Å². The maximum Gasteiger partial charge on any atom is 0.209 e. The Morgan fingerprint density at radius 3 is 1.78 bits per heavy atom. The van der Waals surface area contributed by atoms with E-state index in [1.165, 1.54) is 19.1 Å². The van der Waals surface area contributed by atoms with Crippen LogP contribution in [0.5, 0.6) is 0 Å². The summed E-state index contributed by atoms with van der Waals surface area (Å²) >= 11 is 0. The summed E-state index contributed by atoms with van der Waals surface area (Å²) < 4.78 is 0. The Balaban J connectivity index is 0.000000972. The van der Waals surface area contributed by atoms with Gasteiger partial charge in [0.1, 0.15) is 14.6 Å². The van der Waals surface area contributed by atoms with Crippen molar-refractivity contribution in [2.75, 3.05) is 32.7 Å². The molecule has 0 unspecified atom stereocenters. The lowest BCUT2D eigenvalue weighted by atomic mass is 9.55. The molecule has 0 aliphatic carbocycles. The van der Waals surface area contributed by atoms with Gasteiger partial charge in [0.2, 0.25) is 6.41 Å². The number of piperazine rings is 1. The fraction of sp³-hybridized carbons (Fsp3) is 0.955. The number of rotatable bonds is 10. The summed E-state index contributed by atoms with van der Waals surface area (Å²) in [5.41, 5.74) is 0.677. The van der Waals surface area contributed by atoms with Gasteiger partial charge in [-0.2, -0.15) is 0 Å². The van der Waals surface area contributed by atoms with E-state index in [4.69, 9.17) is 0 Å². The molecule has 3 nitrogen and oxygen atoms in total. The van der Waals surface area contributed by atoms with Gasteiger partial charge in [0.15, 0.2) is 0 Å². The van der Waals surface area contributed by atoms with E-state index in [1.54, 1.807) is 0 Å². The molecule has 5 heteroatoms. The van der Waals surface area contributed by atoms with Crippen LogP contribution < -0.4 is 0 Å². The molecule has 0 bridgehead atoms. The van der Waals surface area contributed by atoms with Gasteiger partial charge in [0, 0.05) is 32.7 Å². The largest absolute Gasteiger partial charge is 0.343 e. The van der Waals surface area contributed by atoms with Gasteiger partial charge >= 0.3 is 0 Å². The monoisotopic (exact) mass is 376 g/mol. The average Bonchev–Trinajstić information content (AvgIpc) is 2.53. The van der Waals surface area contributed by atoms with Gasteiger partial charge < -0.3 is 4.90 Å². The van der Waals surface area contributed by atoms with Crippen molar-refractivity contribution in [3.63, 3.8) is 0 Å². The first kappa shape index (κ1) is 26.6. The predicted octanol–water partition coefficient (Wildman–Crippen LogP) is 5.11. The van der Waals surface area contributed by atoms with E-state index < -0.39 is 0 Å². The van der Waals surface area contributed by atoms with Crippen molar-refractivity contribution in [3.05, 3.63) is 0 Å². The topological polar surface area (TPSA) is 23.6 Å². The van der Waals surface area contributed by atoms with Gasteiger partial charge in [0.25, 0.3) is 0 Å². The van der Waals surface area contributed by atoms with Gasteiger partial charge in [0.05, 0.1) is 0 Å². The lowest BCUT2D eigenvalue weighted by Crippen LogP contribution is -2.49. The first-order valence-corrected chi connectivity index (χ1v) is 11.0. The maximum atomic E-state index is 10.8. The van der Waals surface area contributed by atoms with Gasteiger partial charge in [-0.3, -0.25) is 9.69 Å². The molecule has 0 atom stereocenters. The van der Waals surface area contributed by atoms with E-state index in [2.05, 4.69) is 81.8 Å². The first-order chi connectivity index (χ1) is 12.4. The molecule has 2 radical (unpaired) electrons. The second-order valence-electron chi connectivity index (χ2n) is 10.5. The number of hydrogen-bond acceptors (Lipinski definition) is 2. The fourth-order valence-electron chi connectivity index (χ4n) is 4.08. The molecule has 27 heavy (non-hydrogen) atoms. The summed E-state index contributed by atoms with van der Waals surface area (Å²) in [7, 11) is 4.74. The van der Waals surface area contributed by atoms with Crippen LogP contribution in [0.4, 0.5) is 0 Å². The van der Waals surface area contributed by atoms with Crippen molar-refractivity contribution < 1.29 is 4.79 Å². The Kier molecular flexibility index (Phi) is 12.7. The van der Waals surface area contributed by atoms with Crippen LogP contribution in [-0.2, 0) is 4.79 Å². The zero-order valence-electron chi connectivity index (χ0n) is 19.8. The molecule has 1 rings (SSSR count). The predicted molar refractivity (Wildman–Crippen MR) is 123 cm³/mol. The summed E-state index contributed by atoms with van der Waals surface area (Å²) in [6.07, 6.45) is 4.61. The normalized spacial score (nSPS) is 16.2. The second-order valence-corrected chi connectivity index (χ2v) is 10.5. The van der Waals surface area contributed by atoms with Gasteiger partial charge in [-0.25, -0.2) is 0 Å². The van der Waals surface area contributed by atoms with Crippen LogP contribution in [0.15, 0.2) is 0 Å². The van der Waals surface area contributed by atoms with Crippen LogP contribution in [0.25, 0.3) is 0 Å². The van der Waals surface area contributed by atoms with Crippen molar-refractivity contribution >= 4 is 21.0 Å². The Labute approximate surface area is 172 Å². The van der Waals surface area contributed by atoms with Crippen LogP contribution in [0, 0.1) is 10.8 Å². The minimum absolute atomic E-state index is 0.317. The second kappa shape index (κ2) is 12.9. The smallest absolute Gasteiger partial charge is 0.209 e. The van der Waals surface area contributed by atoms with Gasteiger partial charge in [-0.1, -0.05) is 86.6 Å². The summed E-state index contributed by atoms with van der Waals surface area (Å²) in [5.74, 6) is 1.44. The molecule has 0 aromatic heterocycles. The molecule has 0 saturated carbocycles. The minimum Gasteiger partial charge on any atom is -0.343 e. The third kappa shape index (κ3) is 14.2. The van der Waals surface area contributed by atoms with E-state index in [0.29, 0.717) is 16.6 Å². The molecule has 1 aliphatic heterocycles. The zero-order valence-corrected chi connectivity index (χ0v) is 19.8. The fourth-order valence-corrected chi connectivity index (χ4v) is 4.08. The van der Waals surface area contributed by atoms with Crippen molar-refractivity contribution in [3.8, 4) is 0 Å². The third-order valence-electron chi connectivity index (χ3n) is 5.01. The van der Waals surface area contributed by atoms with Gasteiger partial charge in [-0.15, -0.1) is 0 Å². The SMILES string of the molecule is CC(C)[B]CC(C)(C)CC(C)(C)CN1CCN(C=O)CC1.CC[B]C(C)C. The quantitative estimate of drug-likeness (QED) is 0.391. The van der Waals surface area contributed by atoms with Crippen molar-refractivity contribution in [1.82, 2.24) is 9.80 Å². The molecule has 1 amide bonds. The number of carbonyl (C=O) groups is 1. The molecule has 1 heterocycles. The lowest BCUT2D eigenvalue weighted by Gasteiger charge is -2.41. The van der Waals surface area contributed by atoms with Crippen molar-refractivity contribution in [2.24, 2.45) is 10.8 Å². The highest BCUT2D eigenvalue weighted by Crippen LogP contribution is 2.37. The molecule has 0 spiro atoms. The highest BCUT2D eigenvalue weighted by Gasteiger charge is 2.31. The molecular formula is C22H46B2N2O. The number of nitrogens with zero attached hydrogens (tertiary/aromatic N) is 2. The van der Waals surface area contributed by atoms with E-state index in [1.807, 2.05) is 4.90 Å². The summed E-state index contributed by atoms with van der Waals surface area (Å²) in [6, 6.07) is 0. The molecule has 1 aliphatic rings. The van der Waals surface area contributed by atoms with Crippen molar-refractivity contribution in [1.29, 1.82) is 0 Å². The zero-order chi connectivity index (χ0) is 21.1. The van der Waals surface area contributed by atoms with E-state index in [9.17, 15) is 4.79 Å². The van der Waals surface area contributed by atoms with Gasteiger partial charge in [-0.05, 0) is 17.3 Å². The van der Waals surface area contributed by atoms with Crippen LogP contribution in [0.1, 0.15) is 68.7 Å². The Morgan fingerprint density at radius 2 is 1.41 bits per heavy atom. The Hall–Kier alpha value is -0.440. The molecule has 156 valence electrons. The van der Waals surface area contributed by atoms with E-state index in [0.717, 1.165) is 45.0 Å². The molecular weight excluding hydrogens is 330 g/mol. The molecule has 0 aromatic rings. The Morgan fingerprint density at radius 1 is 0.889 bits per heavy atom. The van der Waals surface area contributed by atoms with Crippen LogP contribution >= 0.6 is 0 Å². The average molecular weight is 376 g/mol. The highest BCUT2D eigenvalue weighted by molar-refractivity contribution is 6.37. The standard InChI is InChI=1S/C17H34BN2O.C5H12B/c1-15(2)18-12-16(3,4)11-17(5,6)13-19-7-9-20(14-21)10-8-19;1-4-6-5(2)3/h14-15H,7-13H2,1-6H3;5H,4H2,1-3H3.